The van der Waals surface area contributed by atoms with Crippen LogP contribution in [-0.2, 0) is 20.7 Å². The predicted octanol–water partition coefficient (Wildman–Crippen LogP) is 3.97. The standard InChI is InChI=1S/C20H20FNO3/c1-3-15-8-11-17(12-9-15)22-20(24)14(2)25-19(23)13-10-16-6-4-5-7-18(16)21/h4-14H,3H2,1-2H3,(H,22,24)/b13-10+. The SMILES string of the molecule is CCc1ccc(NC(=O)C(C)OC(=O)/C=C/c2ccccc2F)cc1. The number of anilines is 1. The maximum Gasteiger partial charge on any atom is 0.331 e. The molecular weight excluding hydrogens is 321 g/mol. The smallest absolute Gasteiger partial charge is 0.331 e. The third-order valence-electron chi connectivity index (χ3n) is 3.60. The summed E-state index contributed by atoms with van der Waals surface area (Å²) < 4.78 is 18.5. The highest BCUT2D eigenvalue weighted by Crippen LogP contribution is 2.11. The topological polar surface area (TPSA) is 55.4 Å². The molecule has 1 amide bonds. The van der Waals surface area contributed by atoms with Gasteiger partial charge in [0.25, 0.3) is 5.91 Å². The van der Waals surface area contributed by atoms with Crippen LogP contribution in [0.25, 0.3) is 6.08 Å². The molecule has 0 radical (unpaired) electrons. The third-order valence-corrected chi connectivity index (χ3v) is 3.60. The second-order valence-electron chi connectivity index (χ2n) is 5.47. The summed E-state index contributed by atoms with van der Waals surface area (Å²) in [4.78, 5) is 23.8. The molecule has 25 heavy (non-hydrogen) atoms. The lowest BCUT2D eigenvalue weighted by Crippen LogP contribution is -2.29. The fourth-order valence-electron chi connectivity index (χ4n) is 2.10. The maximum atomic E-state index is 13.5. The molecule has 2 aromatic carbocycles. The van der Waals surface area contributed by atoms with Gasteiger partial charge in [-0.05, 0) is 43.2 Å². The van der Waals surface area contributed by atoms with E-state index in [2.05, 4.69) is 5.32 Å². The van der Waals surface area contributed by atoms with Crippen LogP contribution in [0.1, 0.15) is 25.0 Å². The Labute approximate surface area is 146 Å². The van der Waals surface area contributed by atoms with Gasteiger partial charge in [0.05, 0.1) is 0 Å². The van der Waals surface area contributed by atoms with Gasteiger partial charge in [0.2, 0.25) is 0 Å². The van der Waals surface area contributed by atoms with E-state index in [1.807, 2.05) is 19.1 Å². The monoisotopic (exact) mass is 341 g/mol. The van der Waals surface area contributed by atoms with Gasteiger partial charge in [-0.25, -0.2) is 9.18 Å². The Morgan fingerprint density at radius 3 is 2.48 bits per heavy atom. The first-order valence-corrected chi connectivity index (χ1v) is 8.02. The summed E-state index contributed by atoms with van der Waals surface area (Å²) in [7, 11) is 0. The number of carbonyl (C=O) groups is 2. The van der Waals surface area contributed by atoms with Gasteiger partial charge in [-0.1, -0.05) is 37.3 Å². The van der Waals surface area contributed by atoms with Crippen molar-refractivity contribution in [3.05, 3.63) is 71.6 Å². The predicted molar refractivity (Wildman–Crippen MR) is 95.4 cm³/mol. The molecule has 4 nitrogen and oxygen atoms in total. The summed E-state index contributed by atoms with van der Waals surface area (Å²) in [6, 6.07) is 13.5. The molecule has 0 aromatic heterocycles. The molecule has 1 atom stereocenters. The van der Waals surface area contributed by atoms with Crippen LogP contribution in [0.2, 0.25) is 0 Å². The van der Waals surface area contributed by atoms with E-state index < -0.39 is 23.8 Å². The molecule has 130 valence electrons. The van der Waals surface area contributed by atoms with Crippen LogP contribution in [0.4, 0.5) is 10.1 Å². The van der Waals surface area contributed by atoms with Crippen LogP contribution < -0.4 is 5.32 Å². The largest absolute Gasteiger partial charge is 0.449 e. The van der Waals surface area contributed by atoms with E-state index in [1.165, 1.54) is 25.1 Å². The average Bonchev–Trinajstić information content (AvgIpc) is 2.61. The van der Waals surface area contributed by atoms with Crippen molar-refractivity contribution in [2.24, 2.45) is 0 Å². The summed E-state index contributed by atoms with van der Waals surface area (Å²) >= 11 is 0. The van der Waals surface area contributed by atoms with Crippen LogP contribution >= 0.6 is 0 Å². The van der Waals surface area contributed by atoms with Gasteiger partial charge in [-0.15, -0.1) is 0 Å². The lowest BCUT2D eigenvalue weighted by atomic mass is 10.1. The number of hydrogen-bond donors (Lipinski definition) is 1. The average molecular weight is 341 g/mol. The molecule has 1 N–H and O–H groups in total. The van der Waals surface area contributed by atoms with E-state index in [4.69, 9.17) is 4.74 Å². The summed E-state index contributed by atoms with van der Waals surface area (Å²) in [5.41, 5.74) is 2.07. The van der Waals surface area contributed by atoms with E-state index in [9.17, 15) is 14.0 Å². The zero-order chi connectivity index (χ0) is 18.2. The molecule has 0 spiro atoms. The first-order chi connectivity index (χ1) is 12.0. The second-order valence-corrected chi connectivity index (χ2v) is 5.47. The van der Waals surface area contributed by atoms with Crippen molar-refractivity contribution in [3.8, 4) is 0 Å². The zero-order valence-electron chi connectivity index (χ0n) is 14.2. The summed E-state index contributed by atoms with van der Waals surface area (Å²) in [6.45, 7) is 3.52. The Hall–Kier alpha value is -2.95. The van der Waals surface area contributed by atoms with Gasteiger partial charge in [-0.2, -0.15) is 0 Å². The number of carbonyl (C=O) groups excluding carboxylic acids is 2. The minimum atomic E-state index is -0.969. The Bertz CT molecular complexity index is 769. The van der Waals surface area contributed by atoms with E-state index >= 15 is 0 Å². The third kappa shape index (κ3) is 5.57. The number of aryl methyl sites for hydroxylation is 1. The summed E-state index contributed by atoms with van der Waals surface area (Å²) in [5, 5.41) is 2.68. The Morgan fingerprint density at radius 2 is 1.84 bits per heavy atom. The van der Waals surface area contributed by atoms with Crippen molar-refractivity contribution >= 4 is 23.6 Å². The molecule has 1 unspecified atom stereocenters. The molecule has 2 aromatic rings. The Morgan fingerprint density at radius 1 is 1.16 bits per heavy atom. The summed E-state index contributed by atoms with van der Waals surface area (Å²) in [5.74, 6) is -1.59. The van der Waals surface area contributed by atoms with E-state index in [0.717, 1.165) is 18.1 Å². The van der Waals surface area contributed by atoms with E-state index in [1.54, 1.807) is 24.3 Å². The quantitative estimate of drug-likeness (QED) is 0.639. The number of halogens is 1. The van der Waals surface area contributed by atoms with Crippen LogP contribution in [-0.4, -0.2) is 18.0 Å². The highest BCUT2D eigenvalue weighted by molar-refractivity contribution is 5.96. The van der Waals surface area contributed by atoms with Crippen molar-refractivity contribution in [2.45, 2.75) is 26.4 Å². The van der Waals surface area contributed by atoms with Crippen LogP contribution in [0.5, 0.6) is 0 Å². The first kappa shape index (κ1) is 18.4. The fourth-order valence-corrected chi connectivity index (χ4v) is 2.10. The summed E-state index contributed by atoms with van der Waals surface area (Å²) in [6.07, 6.45) is 2.35. The highest BCUT2D eigenvalue weighted by Gasteiger charge is 2.16. The van der Waals surface area contributed by atoms with Gasteiger partial charge < -0.3 is 10.1 Å². The Kier molecular flexibility index (Phi) is 6.46. The molecule has 0 aliphatic heterocycles. The number of hydrogen-bond acceptors (Lipinski definition) is 3. The van der Waals surface area contributed by atoms with Gasteiger partial charge >= 0.3 is 5.97 Å². The number of esters is 1. The Balaban J connectivity index is 1.89. The number of benzene rings is 2. The molecule has 0 fully saturated rings. The molecule has 0 bridgehead atoms. The van der Waals surface area contributed by atoms with Crippen molar-refractivity contribution in [2.75, 3.05) is 5.32 Å². The molecule has 0 aliphatic carbocycles. The first-order valence-electron chi connectivity index (χ1n) is 8.02. The fraction of sp³-hybridized carbons (Fsp3) is 0.200. The normalized spacial score (nSPS) is 12.0. The van der Waals surface area contributed by atoms with Crippen molar-refractivity contribution in [1.29, 1.82) is 0 Å². The van der Waals surface area contributed by atoms with E-state index in [-0.39, 0.29) is 5.56 Å². The molecule has 0 aliphatic rings. The van der Waals surface area contributed by atoms with Gasteiger partial charge in [0.1, 0.15) is 5.82 Å². The number of nitrogens with one attached hydrogen (secondary N) is 1. The number of amides is 1. The maximum absolute atomic E-state index is 13.5. The van der Waals surface area contributed by atoms with Gasteiger partial charge in [0.15, 0.2) is 6.10 Å². The lowest BCUT2D eigenvalue weighted by molar-refractivity contribution is -0.148. The highest BCUT2D eigenvalue weighted by atomic mass is 19.1. The lowest BCUT2D eigenvalue weighted by Gasteiger charge is -2.12. The number of rotatable bonds is 6. The molecule has 0 heterocycles. The molecule has 5 heteroatoms. The molecule has 2 rings (SSSR count). The van der Waals surface area contributed by atoms with Crippen LogP contribution in [0.3, 0.4) is 0 Å². The number of ether oxygens (including phenoxy) is 1. The van der Waals surface area contributed by atoms with E-state index in [0.29, 0.717) is 5.69 Å². The second kappa shape index (κ2) is 8.78. The van der Waals surface area contributed by atoms with Crippen molar-refractivity contribution in [3.63, 3.8) is 0 Å². The van der Waals surface area contributed by atoms with Crippen LogP contribution in [0.15, 0.2) is 54.6 Å². The van der Waals surface area contributed by atoms with Gasteiger partial charge in [0, 0.05) is 17.3 Å². The molecular formula is C20H20FNO3. The van der Waals surface area contributed by atoms with Gasteiger partial charge in [-0.3, -0.25) is 4.79 Å². The van der Waals surface area contributed by atoms with Crippen molar-refractivity contribution < 1.29 is 18.7 Å². The minimum Gasteiger partial charge on any atom is -0.449 e. The van der Waals surface area contributed by atoms with Crippen molar-refractivity contribution in [1.82, 2.24) is 0 Å². The van der Waals surface area contributed by atoms with Crippen LogP contribution in [0, 0.1) is 5.82 Å². The zero-order valence-corrected chi connectivity index (χ0v) is 14.2. The minimum absolute atomic E-state index is 0.271. The molecule has 0 saturated heterocycles. The molecule has 0 saturated carbocycles.